The summed E-state index contributed by atoms with van der Waals surface area (Å²) in [4.78, 5) is 4.65. The van der Waals surface area contributed by atoms with E-state index in [-0.39, 0.29) is 24.0 Å². The summed E-state index contributed by atoms with van der Waals surface area (Å²) < 4.78 is 38.2. The fourth-order valence-electron chi connectivity index (χ4n) is 5.23. The number of amidine groups is 1. The number of nitrogens with two attached hydrogens (primary N) is 1. The zero-order chi connectivity index (χ0) is 21.6. The molecule has 0 amide bonds. The Bertz CT molecular complexity index is 859. The minimum atomic E-state index is -1.68. The second-order valence-corrected chi connectivity index (χ2v) is 8.59. The predicted octanol–water partition coefficient (Wildman–Crippen LogP) is 2.46. The Labute approximate surface area is 179 Å². The van der Waals surface area contributed by atoms with Crippen LogP contribution in [-0.4, -0.2) is 54.1 Å². The van der Waals surface area contributed by atoms with Crippen LogP contribution in [0.3, 0.4) is 0 Å². The minimum Gasteiger partial charge on any atom is -0.493 e. The van der Waals surface area contributed by atoms with E-state index in [0.29, 0.717) is 25.0 Å². The lowest BCUT2D eigenvalue weighted by Gasteiger charge is -2.46. The van der Waals surface area contributed by atoms with Gasteiger partial charge in [0.25, 0.3) is 0 Å². The molecule has 1 aliphatic heterocycles. The maximum atomic E-state index is 14.6. The molecule has 1 saturated carbocycles. The zero-order valence-electron chi connectivity index (χ0n) is 16.9. The van der Waals surface area contributed by atoms with E-state index in [0.717, 1.165) is 30.4 Å². The first kappa shape index (κ1) is 21.5. The van der Waals surface area contributed by atoms with Crippen LogP contribution in [0.5, 0.6) is 5.75 Å². The fraction of sp³-hybridized carbons (Fsp3) is 0.571. The molecule has 2 aliphatic carbocycles. The Morgan fingerprint density at radius 1 is 1.23 bits per heavy atom. The molecule has 0 bridgehead atoms. The van der Waals surface area contributed by atoms with Crippen LogP contribution in [-0.2, 0) is 16.7 Å². The molecule has 0 aromatic heterocycles. The van der Waals surface area contributed by atoms with Crippen LogP contribution in [0, 0.1) is 5.41 Å². The molecule has 1 heterocycles. The zero-order valence-corrected chi connectivity index (χ0v) is 16.9. The summed E-state index contributed by atoms with van der Waals surface area (Å²) in [7, 11) is 16.8. The van der Waals surface area contributed by atoms with Crippen molar-refractivity contribution in [1.29, 1.82) is 0 Å². The van der Waals surface area contributed by atoms with E-state index in [4.69, 9.17) is 38.7 Å². The molecule has 3 aliphatic rings. The first-order chi connectivity index (χ1) is 14.2. The highest BCUT2D eigenvalue weighted by atomic mass is 19.1. The molecule has 4 rings (SSSR count). The molecule has 2 spiro atoms. The van der Waals surface area contributed by atoms with Crippen molar-refractivity contribution in [3.05, 3.63) is 41.2 Å². The van der Waals surface area contributed by atoms with Gasteiger partial charge in [0.2, 0.25) is 0 Å². The number of rotatable bonds is 6. The standard InChI is InChI=1S/C21H23B3F2N2O2/c22-21(23,24)30-14-4-6-19(7-5-14)11-13-2-3-15(29-9-1-8-25)10-16(13)20(19)12-17(26)18(27)28-20/h2-3,10,12,14H,1,4-9,11H2,(H2,27,28). The average molecular weight is 406 g/mol. The van der Waals surface area contributed by atoms with Gasteiger partial charge in [-0.05, 0) is 66.7 Å². The van der Waals surface area contributed by atoms with Gasteiger partial charge in [0.1, 0.15) is 11.3 Å². The molecule has 0 saturated heterocycles. The van der Waals surface area contributed by atoms with Gasteiger partial charge in [-0.1, -0.05) is 6.07 Å². The summed E-state index contributed by atoms with van der Waals surface area (Å²) in [5.41, 5.74) is 6.62. The fourth-order valence-corrected chi connectivity index (χ4v) is 5.23. The highest BCUT2D eigenvalue weighted by Gasteiger charge is 2.59. The van der Waals surface area contributed by atoms with Gasteiger partial charge in [-0.2, -0.15) is 0 Å². The van der Waals surface area contributed by atoms with Crippen molar-refractivity contribution in [2.24, 2.45) is 16.1 Å². The van der Waals surface area contributed by atoms with Gasteiger partial charge in [-0.15, -0.1) is 0 Å². The predicted molar refractivity (Wildman–Crippen MR) is 114 cm³/mol. The third-order valence-electron chi connectivity index (χ3n) is 6.51. The Hall–Kier alpha value is -1.76. The van der Waals surface area contributed by atoms with E-state index in [1.54, 1.807) is 6.08 Å². The van der Waals surface area contributed by atoms with Crippen LogP contribution in [0.2, 0.25) is 0 Å². The first-order valence-corrected chi connectivity index (χ1v) is 10.3. The third kappa shape index (κ3) is 3.70. The number of aliphatic imine (C=N–C) groups is 1. The summed E-state index contributed by atoms with van der Waals surface area (Å²) in [5, 5.41) is -1.68. The van der Waals surface area contributed by atoms with E-state index >= 15 is 0 Å². The van der Waals surface area contributed by atoms with Crippen LogP contribution in [0.25, 0.3) is 0 Å². The number of hydrogen-bond acceptors (Lipinski definition) is 4. The summed E-state index contributed by atoms with van der Waals surface area (Å²) >= 11 is 0. The molecule has 1 aromatic rings. The van der Waals surface area contributed by atoms with Gasteiger partial charge in [0.05, 0.1) is 42.9 Å². The quantitative estimate of drug-likeness (QED) is 0.584. The number of fused-ring (bicyclic) bond motifs is 3. The van der Waals surface area contributed by atoms with Crippen LogP contribution < -0.4 is 10.5 Å². The molecule has 6 radical (unpaired) electrons. The van der Waals surface area contributed by atoms with E-state index < -0.39 is 23.3 Å². The Balaban J connectivity index is 1.66. The number of halogens is 2. The maximum absolute atomic E-state index is 14.6. The number of benzene rings is 1. The van der Waals surface area contributed by atoms with Crippen LogP contribution in [0.15, 0.2) is 35.1 Å². The van der Waals surface area contributed by atoms with E-state index in [1.165, 1.54) is 0 Å². The smallest absolute Gasteiger partial charge is 0.163 e. The van der Waals surface area contributed by atoms with E-state index in [1.807, 2.05) is 18.2 Å². The second kappa shape index (κ2) is 7.74. The third-order valence-corrected chi connectivity index (χ3v) is 6.51. The molecular weight excluding hydrogens is 383 g/mol. The topological polar surface area (TPSA) is 56.8 Å². The molecule has 1 aromatic carbocycles. The van der Waals surface area contributed by atoms with Crippen LogP contribution >= 0.6 is 0 Å². The summed E-state index contributed by atoms with van der Waals surface area (Å²) in [5.74, 6) is 0.0211. The van der Waals surface area contributed by atoms with Gasteiger partial charge in [0, 0.05) is 11.8 Å². The number of hydrogen-bond donors (Lipinski definition) is 1. The monoisotopic (exact) mass is 406 g/mol. The number of nitrogens with zero attached hydrogens (tertiary/aromatic N) is 1. The highest BCUT2D eigenvalue weighted by molar-refractivity contribution is 6.58. The van der Waals surface area contributed by atoms with Crippen molar-refractivity contribution >= 4 is 29.4 Å². The molecule has 2 N–H and O–H groups in total. The Morgan fingerprint density at radius 3 is 2.57 bits per heavy atom. The lowest BCUT2D eigenvalue weighted by atomic mass is 9.52. The molecule has 30 heavy (non-hydrogen) atoms. The molecule has 9 heteroatoms. The SMILES string of the molecule is [B]C([B])([B])OC1CCC2(CC1)Cc1ccc(OCCCF)cc1C21C=C(F)C(N)=N1. The van der Waals surface area contributed by atoms with Crippen LogP contribution in [0.4, 0.5) is 8.78 Å². The van der Waals surface area contributed by atoms with Gasteiger partial charge in [-0.3, -0.25) is 4.39 Å². The van der Waals surface area contributed by atoms with E-state index in [2.05, 4.69) is 4.99 Å². The van der Waals surface area contributed by atoms with Gasteiger partial charge in [-0.25, -0.2) is 9.38 Å². The van der Waals surface area contributed by atoms with Gasteiger partial charge >= 0.3 is 0 Å². The summed E-state index contributed by atoms with van der Waals surface area (Å²) in [6.07, 6.45) is 5.22. The van der Waals surface area contributed by atoms with Crippen molar-refractivity contribution in [2.75, 3.05) is 13.3 Å². The van der Waals surface area contributed by atoms with Crippen molar-refractivity contribution in [3.63, 3.8) is 0 Å². The first-order valence-electron chi connectivity index (χ1n) is 10.3. The van der Waals surface area contributed by atoms with E-state index in [9.17, 15) is 8.78 Å². The van der Waals surface area contributed by atoms with Gasteiger partial charge < -0.3 is 15.2 Å². The number of alkyl halides is 1. The summed E-state index contributed by atoms with van der Waals surface area (Å²) in [6.45, 7) is -0.160. The summed E-state index contributed by atoms with van der Waals surface area (Å²) in [6, 6.07) is 5.74. The molecule has 1 unspecified atom stereocenters. The molecular formula is C21H23B3F2N2O2. The maximum Gasteiger partial charge on any atom is 0.163 e. The molecule has 4 nitrogen and oxygen atoms in total. The highest BCUT2D eigenvalue weighted by Crippen LogP contribution is 2.62. The van der Waals surface area contributed by atoms with Crippen molar-refractivity contribution in [3.8, 4) is 5.75 Å². The molecule has 152 valence electrons. The Kier molecular flexibility index (Phi) is 5.54. The second-order valence-electron chi connectivity index (χ2n) is 8.59. The van der Waals surface area contributed by atoms with Crippen molar-refractivity contribution in [1.82, 2.24) is 0 Å². The Morgan fingerprint density at radius 2 is 1.97 bits per heavy atom. The average Bonchev–Trinajstić information content (AvgIpc) is 3.11. The normalized spacial score (nSPS) is 30.4. The van der Waals surface area contributed by atoms with Crippen molar-refractivity contribution < 1.29 is 18.3 Å². The lowest BCUT2D eigenvalue weighted by Crippen LogP contribution is -2.46. The van der Waals surface area contributed by atoms with Gasteiger partial charge in [0.15, 0.2) is 11.7 Å². The lowest BCUT2D eigenvalue weighted by molar-refractivity contribution is -0.0213. The number of ether oxygens (including phenoxy) is 2. The minimum absolute atomic E-state index is 0.0887. The molecule has 1 atom stereocenters. The van der Waals surface area contributed by atoms with Crippen molar-refractivity contribution in [2.45, 2.75) is 55.5 Å². The largest absolute Gasteiger partial charge is 0.493 e. The van der Waals surface area contributed by atoms with Crippen LogP contribution in [0.1, 0.15) is 43.2 Å². The molecule has 1 fully saturated rings.